The van der Waals surface area contributed by atoms with E-state index in [4.69, 9.17) is 10.5 Å². The van der Waals surface area contributed by atoms with E-state index >= 15 is 0 Å². The van der Waals surface area contributed by atoms with Gasteiger partial charge >= 0.3 is 5.97 Å². The van der Waals surface area contributed by atoms with Crippen LogP contribution in [0.3, 0.4) is 0 Å². The summed E-state index contributed by atoms with van der Waals surface area (Å²) in [5.74, 6) is 6.21. The first-order chi connectivity index (χ1) is 20.1. The second kappa shape index (κ2) is 14.2. The average molecular weight is 596 g/mol. The van der Waals surface area contributed by atoms with Crippen molar-refractivity contribution in [1.29, 1.82) is 0 Å². The fraction of sp³-hybridized carbons (Fsp3) is 0.500. The lowest BCUT2D eigenvalue weighted by Gasteiger charge is -2.41. The smallest absolute Gasteiger partial charge is 0.305 e. The minimum absolute atomic E-state index is 0.0883. The molecular weight excluding hydrogens is 554 g/mol. The minimum atomic E-state index is -3.79. The summed E-state index contributed by atoms with van der Waals surface area (Å²) in [4.78, 5) is 26.6. The first-order valence-electron chi connectivity index (χ1n) is 14.5. The Morgan fingerprint density at radius 1 is 1.10 bits per heavy atom. The molecule has 10 heteroatoms. The Kier molecular flexibility index (Phi) is 10.7. The number of ether oxygens (including phenoxy) is 2. The van der Waals surface area contributed by atoms with Gasteiger partial charge in [-0.3, -0.25) is 9.59 Å². The van der Waals surface area contributed by atoms with Crippen LogP contribution in [0.4, 0.5) is 5.69 Å². The first kappa shape index (κ1) is 31.5. The van der Waals surface area contributed by atoms with E-state index in [-0.39, 0.29) is 40.5 Å². The van der Waals surface area contributed by atoms with Crippen LogP contribution in [0.2, 0.25) is 0 Å². The summed E-state index contributed by atoms with van der Waals surface area (Å²) >= 11 is 0. The zero-order chi connectivity index (χ0) is 30.3. The van der Waals surface area contributed by atoms with Crippen molar-refractivity contribution in [2.45, 2.75) is 69.4 Å². The van der Waals surface area contributed by atoms with Gasteiger partial charge in [0.2, 0.25) is 15.9 Å². The maximum atomic E-state index is 13.3. The molecule has 0 radical (unpaired) electrons. The van der Waals surface area contributed by atoms with Crippen molar-refractivity contribution in [3.63, 3.8) is 0 Å². The van der Waals surface area contributed by atoms with Crippen LogP contribution in [-0.4, -0.2) is 64.1 Å². The fourth-order valence-corrected chi connectivity index (χ4v) is 6.83. The van der Waals surface area contributed by atoms with Gasteiger partial charge in [0.25, 0.3) is 0 Å². The van der Waals surface area contributed by atoms with Gasteiger partial charge in [0, 0.05) is 41.7 Å². The van der Waals surface area contributed by atoms with Gasteiger partial charge in [-0.15, -0.1) is 0 Å². The molecule has 226 valence electrons. The molecule has 0 spiro atoms. The summed E-state index contributed by atoms with van der Waals surface area (Å²) in [5, 5.41) is 0. The van der Waals surface area contributed by atoms with Crippen molar-refractivity contribution < 1.29 is 27.5 Å². The molecule has 42 heavy (non-hydrogen) atoms. The molecule has 0 bridgehead atoms. The lowest BCUT2D eigenvalue weighted by atomic mass is 9.85. The quantitative estimate of drug-likeness (QED) is 0.272. The Hall–Kier alpha value is -3.39. The summed E-state index contributed by atoms with van der Waals surface area (Å²) < 4.78 is 39.4. The van der Waals surface area contributed by atoms with Crippen LogP contribution in [0.15, 0.2) is 47.4 Å². The van der Waals surface area contributed by atoms with Crippen molar-refractivity contribution in [3.8, 4) is 11.8 Å². The van der Waals surface area contributed by atoms with Crippen LogP contribution in [0, 0.1) is 23.7 Å². The van der Waals surface area contributed by atoms with Crippen molar-refractivity contribution in [3.05, 3.63) is 59.2 Å². The van der Waals surface area contributed by atoms with E-state index in [1.54, 1.807) is 6.07 Å². The van der Waals surface area contributed by atoms with E-state index in [2.05, 4.69) is 35.1 Å². The molecule has 1 heterocycles. The van der Waals surface area contributed by atoms with E-state index in [9.17, 15) is 18.0 Å². The van der Waals surface area contributed by atoms with Crippen molar-refractivity contribution in [2.24, 2.45) is 11.8 Å². The van der Waals surface area contributed by atoms with E-state index in [1.165, 1.54) is 19.2 Å². The molecule has 0 unspecified atom stereocenters. The summed E-state index contributed by atoms with van der Waals surface area (Å²) in [6.07, 6.45) is 3.41. The SMILES string of the molecule is COC(=O)CCc1ccc(C#Cc2ccc(S(=O)(=O)N[C@H]3CC[C@H](C(=O)N4CCOC[C@@H]4C(C)C)CC3)cc2N)cc1. The summed E-state index contributed by atoms with van der Waals surface area (Å²) in [6.45, 7) is 5.95. The molecule has 1 saturated carbocycles. The average Bonchev–Trinajstić information content (AvgIpc) is 2.99. The van der Waals surface area contributed by atoms with Crippen molar-refractivity contribution >= 4 is 27.6 Å². The number of nitrogens with two attached hydrogens (primary N) is 1. The number of hydrogen-bond donors (Lipinski definition) is 2. The molecule has 0 aromatic heterocycles. The summed E-state index contributed by atoms with van der Waals surface area (Å²) in [7, 11) is -2.41. The molecule has 1 atom stereocenters. The van der Waals surface area contributed by atoms with E-state index in [0.29, 0.717) is 69.8 Å². The van der Waals surface area contributed by atoms with E-state index in [0.717, 1.165) is 11.1 Å². The monoisotopic (exact) mass is 595 g/mol. The van der Waals surface area contributed by atoms with Crippen LogP contribution in [0.25, 0.3) is 0 Å². The number of amides is 1. The minimum Gasteiger partial charge on any atom is -0.469 e. The van der Waals surface area contributed by atoms with Crippen LogP contribution >= 0.6 is 0 Å². The predicted molar refractivity (Wildman–Crippen MR) is 161 cm³/mol. The number of rotatable bonds is 8. The number of carbonyl (C=O) groups is 2. The van der Waals surface area contributed by atoms with Gasteiger partial charge in [-0.25, -0.2) is 13.1 Å². The zero-order valence-corrected chi connectivity index (χ0v) is 25.4. The zero-order valence-electron chi connectivity index (χ0n) is 24.6. The predicted octanol–water partition coefficient (Wildman–Crippen LogP) is 3.49. The molecule has 1 aliphatic carbocycles. The number of nitrogen functional groups attached to an aromatic ring is 1. The highest BCUT2D eigenvalue weighted by Gasteiger charge is 2.36. The maximum Gasteiger partial charge on any atom is 0.305 e. The highest BCUT2D eigenvalue weighted by atomic mass is 32.2. The maximum absolute atomic E-state index is 13.3. The number of benzene rings is 2. The van der Waals surface area contributed by atoms with Gasteiger partial charge in [0.05, 0.1) is 31.3 Å². The normalized spacial score (nSPS) is 21.0. The number of carbonyl (C=O) groups excluding carboxylic acids is 2. The van der Waals surface area contributed by atoms with Crippen LogP contribution < -0.4 is 10.5 Å². The molecule has 4 rings (SSSR count). The molecule has 1 aliphatic heterocycles. The number of sulfonamides is 1. The number of anilines is 1. The van der Waals surface area contributed by atoms with Crippen molar-refractivity contribution in [1.82, 2.24) is 9.62 Å². The van der Waals surface area contributed by atoms with Gasteiger partial charge in [0.15, 0.2) is 0 Å². The summed E-state index contributed by atoms with van der Waals surface area (Å²) in [5.41, 5.74) is 8.78. The third-order valence-electron chi connectivity index (χ3n) is 8.09. The standard InChI is InChI=1S/C32H41N3O6S/c1-22(2)30-21-41-19-18-35(30)32(37)26-11-14-27(15-12-26)34-42(38,39)28-16-13-25(29(33)20-28)10-8-23-4-6-24(7-5-23)9-17-31(36)40-3/h4-7,13,16,20,22,26-27,30,34H,9,11-12,14-15,17-19,21,33H2,1-3H3/t26-,27-,30-/m1/s1. The molecule has 3 N–H and O–H groups in total. The second-order valence-corrected chi connectivity index (χ2v) is 13.1. The molecule has 1 saturated heterocycles. The number of nitrogens with one attached hydrogen (secondary N) is 1. The molecule has 2 aromatic carbocycles. The first-order valence-corrected chi connectivity index (χ1v) is 16.0. The van der Waals surface area contributed by atoms with Gasteiger partial charge < -0.3 is 20.1 Å². The van der Waals surface area contributed by atoms with Crippen LogP contribution in [0.5, 0.6) is 0 Å². The Morgan fingerprint density at radius 2 is 1.81 bits per heavy atom. The van der Waals surface area contributed by atoms with E-state index < -0.39 is 10.0 Å². The van der Waals surface area contributed by atoms with Gasteiger partial charge in [0.1, 0.15) is 0 Å². The molecule has 1 amide bonds. The third kappa shape index (κ3) is 8.12. The lowest BCUT2D eigenvalue weighted by molar-refractivity contribution is -0.147. The number of nitrogens with zero attached hydrogens (tertiary/aromatic N) is 1. The number of methoxy groups -OCH3 is 1. The number of esters is 1. The highest BCUT2D eigenvalue weighted by Crippen LogP contribution is 2.29. The van der Waals surface area contributed by atoms with E-state index in [1.807, 2.05) is 29.2 Å². The largest absolute Gasteiger partial charge is 0.469 e. The molecular formula is C32H41N3O6S. The van der Waals surface area contributed by atoms with Crippen LogP contribution in [0.1, 0.15) is 62.6 Å². The van der Waals surface area contributed by atoms with Gasteiger partial charge in [-0.05, 0) is 73.9 Å². The van der Waals surface area contributed by atoms with Gasteiger partial charge in [-0.2, -0.15) is 0 Å². The third-order valence-corrected chi connectivity index (χ3v) is 9.61. The molecule has 2 aromatic rings. The Bertz CT molecular complexity index is 1420. The Labute approximate surface area is 249 Å². The van der Waals surface area contributed by atoms with Crippen molar-refractivity contribution in [2.75, 3.05) is 32.6 Å². The Morgan fingerprint density at radius 3 is 2.45 bits per heavy atom. The molecule has 2 aliphatic rings. The highest BCUT2D eigenvalue weighted by molar-refractivity contribution is 7.89. The number of hydrogen-bond acceptors (Lipinski definition) is 7. The second-order valence-electron chi connectivity index (χ2n) is 11.4. The molecule has 9 nitrogen and oxygen atoms in total. The van der Waals surface area contributed by atoms with Gasteiger partial charge in [-0.1, -0.05) is 37.8 Å². The van der Waals surface area contributed by atoms with Crippen LogP contribution in [-0.2, 0) is 35.5 Å². The fourth-order valence-electron chi connectivity index (χ4n) is 5.49. The topological polar surface area (TPSA) is 128 Å². The summed E-state index contributed by atoms with van der Waals surface area (Å²) in [6, 6.07) is 12.0. The number of aryl methyl sites for hydroxylation is 1. The Balaban J connectivity index is 1.32. The number of morpholine rings is 1. The molecule has 2 fully saturated rings. The lowest BCUT2D eigenvalue weighted by Crippen LogP contribution is -2.53.